The van der Waals surface area contributed by atoms with Gasteiger partial charge in [0.25, 0.3) is 0 Å². The summed E-state index contributed by atoms with van der Waals surface area (Å²) in [5.41, 5.74) is 5.13. The quantitative estimate of drug-likeness (QED) is 0.0538. The Morgan fingerprint density at radius 3 is 1.91 bits per heavy atom. The van der Waals surface area contributed by atoms with E-state index in [1.54, 1.807) is 12.1 Å². The molecule has 0 spiro atoms. The van der Waals surface area contributed by atoms with Crippen molar-refractivity contribution in [2.45, 2.75) is 81.6 Å². The third kappa shape index (κ3) is 17.3. The molecule has 1 aromatic rings. The average Bonchev–Trinajstić information content (AvgIpc) is 3.13. The van der Waals surface area contributed by atoms with E-state index >= 15 is 0 Å². The van der Waals surface area contributed by atoms with Gasteiger partial charge in [0, 0.05) is 109 Å². The van der Waals surface area contributed by atoms with Crippen LogP contribution in [-0.4, -0.2) is 136 Å². The van der Waals surface area contributed by atoms with Gasteiger partial charge < -0.3 is 58.7 Å². The summed E-state index contributed by atoms with van der Waals surface area (Å²) < 4.78 is 0. The smallest absolute Gasteiger partial charge is 0.242 e. The third-order valence-corrected chi connectivity index (χ3v) is 9.80. The Hall–Kier alpha value is -3.52. The number of carbonyl (C=O) groups excluding carboxylic acids is 5. The van der Waals surface area contributed by atoms with Crippen LogP contribution < -0.4 is 58.9 Å². The summed E-state index contributed by atoms with van der Waals surface area (Å²) in [5.74, 6) is -1.62. The summed E-state index contributed by atoms with van der Waals surface area (Å²) in [4.78, 5) is 63.1. The highest BCUT2D eigenvalue weighted by Crippen LogP contribution is 2.12. The normalized spacial score (nSPS) is 22.3. The van der Waals surface area contributed by atoms with Crippen LogP contribution in [0, 0.1) is 0 Å². The number of nitrogens with two attached hydrogens (primary N) is 1. The fourth-order valence-corrected chi connectivity index (χ4v) is 6.61. The molecule has 2 heterocycles. The molecule has 0 aliphatic carbocycles. The van der Waals surface area contributed by atoms with Crippen LogP contribution in [0.1, 0.15) is 57.4 Å². The van der Waals surface area contributed by atoms with Crippen LogP contribution in [-0.2, 0) is 30.4 Å². The molecule has 54 heavy (non-hydrogen) atoms. The second-order valence-corrected chi connectivity index (χ2v) is 14.8. The number of hydrogen-bond acceptors (Lipinski definition) is 13. The van der Waals surface area contributed by atoms with Gasteiger partial charge in [-0.05, 0) is 43.9 Å². The first kappa shape index (κ1) is 44.9. The lowest BCUT2D eigenvalue weighted by atomic mass is 10.0. The SMILES string of the molecule is CC12CNCCNCC(NC(=O)CCCC(=O)NC(Cc3ccc(O)cc3)C(=O)NCCCCCC(=O)N[C@@H](CS)C(N)=O)(CNCCNC1)NCCN2. The zero-order chi connectivity index (χ0) is 39.2. The van der Waals surface area contributed by atoms with Crippen LogP contribution in [0.2, 0.25) is 0 Å². The van der Waals surface area contributed by atoms with Crippen molar-refractivity contribution in [3.05, 3.63) is 29.8 Å². The summed E-state index contributed by atoms with van der Waals surface area (Å²) in [6, 6.07) is 4.74. The minimum Gasteiger partial charge on any atom is -0.508 e. The van der Waals surface area contributed by atoms with Crippen molar-refractivity contribution in [2.75, 3.05) is 77.7 Å². The van der Waals surface area contributed by atoms with E-state index in [9.17, 15) is 29.1 Å². The molecule has 2 atom stereocenters. The predicted octanol–water partition coefficient (Wildman–Crippen LogP) is -2.70. The number of nitrogens with one attached hydrogen (secondary N) is 10. The standard InChI is InChI=1S/C36H63N11O6S/c1-35-22-38-14-16-40-24-36(44-19-18-43-35,25-41-17-15-39-23-35)47-32(51)8-5-7-31(50)45-28(20-26-9-11-27(48)12-10-26)34(53)42-13-4-2-3-6-30(49)46-29(21-54)33(37)52/h9-12,28-29,38-41,43-44,48,54H,2-8,13-25H2,1H3,(H2,37,52)(H,42,53)(H,45,50)(H,46,49)(H,47,51)/t28?,29-,35?,36?/m0/s1. The minimum atomic E-state index is -0.874. The predicted molar refractivity (Wildman–Crippen MR) is 211 cm³/mol. The number of fused-ring (bicyclic) bond motifs is 5. The number of phenolic OH excluding ortho intramolecular Hbond substituents is 1. The Kier molecular flexibility index (Phi) is 20.0. The van der Waals surface area contributed by atoms with Gasteiger partial charge in [-0.3, -0.25) is 29.3 Å². The number of rotatable bonds is 18. The molecule has 13 N–H and O–H groups in total. The van der Waals surface area contributed by atoms with Gasteiger partial charge in [-0.15, -0.1) is 0 Å². The molecule has 18 heteroatoms. The van der Waals surface area contributed by atoms with E-state index in [0.717, 1.165) is 44.8 Å². The second-order valence-electron chi connectivity index (χ2n) is 14.4. The molecule has 0 aromatic heterocycles. The maximum Gasteiger partial charge on any atom is 0.242 e. The Bertz CT molecular complexity index is 1320. The zero-order valence-electron chi connectivity index (χ0n) is 31.6. The molecule has 2 aliphatic heterocycles. The maximum atomic E-state index is 13.3. The fourth-order valence-electron chi connectivity index (χ4n) is 6.34. The molecule has 2 fully saturated rings. The summed E-state index contributed by atoms with van der Waals surface area (Å²) >= 11 is 4.02. The Labute approximate surface area is 324 Å². The van der Waals surface area contributed by atoms with Crippen LogP contribution in [0.3, 0.4) is 0 Å². The molecule has 5 amide bonds. The summed E-state index contributed by atoms with van der Waals surface area (Å²) in [7, 11) is 0. The van der Waals surface area contributed by atoms with Gasteiger partial charge in [0.05, 0.1) is 0 Å². The summed E-state index contributed by atoms with van der Waals surface area (Å²) in [6.45, 7) is 9.60. The highest BCUT2D eigenvalue weighted by Gasteiger charge is 2.32. The molecule has 0 saturated carbocycles. The Morgan fingerprint density at radius 2 is 1.30 bits per heavy atom. The molecule has 2 bridgehead atoms. The first-order chi connectivity index (χ1) is 25.9. The molecule has 1 aromatic carbocycles. The van der Waals surface area contributed by atoms with Crippen molar-refractivity contribution in [1.29, 1.82) is 0 Å². The van der Waals surface area contributed by atoms with Crippen molar-refractivity contribution >= 4 is 42.2 Å². The molecule has 2 aliphatic rings. The molecule has 304 valence electrons. The average molecular weight is 778 g/mol. The van der Waals surface area contributed by atoms with Crippen LogP contribution in [0.4, 0.5) is 0 Å². The fraction of sp³-hybridized carbons (Fsp3) is 0.694. The van der Waals surface area contributed by atoms with Crippen molar-refractivity contribution in [3.8, 4) is 5.75 Å². The molecule has 2 saturated heterocycles. The first-order valence-corrected chi connectivity index (χ1v) is 19.7. The monoisotopic (exact) mass is 777 g/mol. The number of amides is 5. The van der Waals surface area contributed by atoms with E-state index in [-0.39, 0.29) is 72.8 Å². The van der Waals surface area contributed by atoms with Gasteiger partial charge in [-0.2, -0.15) is 12.6 Å². The number of hydrogen-bond donors (Lipinski definition) is 13. The van der Waals surface area contributed by atoms with Crippen molar-refractivity contribution in [1.82, 2.24) is 53.2 Å². The number of thiol groups is 1. The van der Waals surface area contributed by atoms with E-state index in [0.29, 0.717) is 52.0 Å². The van der Waals surface area contributed by atoms with Crippen molar-refractivity contribution < 1.29 is 29.1 Å². The number of carbonyl (C=O) groups is 5. The number of phenols is 1. The largest absolute Gasteiger partial charge is 0.508 e. The summed E-state index contributed by atoms with van der Waals surface area (Å²) in [6.07, 6.45) is 2.69. The summed E-state index contributed by atoms with van der Waals surface area (Å²) in [5, 5.41) is 42.4. The van der Waals surface area contributed by atoms with Gasteiger partial charge in [-0.1, -0.05) is 18.6 Å². The van der Waals surface area contributed by atoms with Crippen molar-refractivity contribution in [2.24, 2.45) is 5.73 Å². The Morgan fingerprint density at radius 1 is 0.741 bits per heavy atom. The van der Waals surface area contributed by atoms with Gasteiger partial charge in [0.2, 0.25) is 29.5 Å². The lowest BCUT2D eigenvalue weighted by molar-refractivity contribution is -0.129. The first-order valence-electron chi connectivity index (χ1n) is 19.1. The zero-order valence-corrected chi connectivity index (χ0v) is 32.5. The molecule has 3 rings (SSSR count). The third-order valence-electron chi connectivity index (χ3n) is 9.44. The molecular weight excluding hydrogens is 715 g/mol. The van der Waals surface area contributed by atoms with Gasteiger partial charge in [0.1, 0.15) is 23.5 Å². The highest BCUT2D eigenvalue weighted by molar-refractivity contribution is 7.80. The maximum absolute atomic E-state index is 13.3. The topological polar surface area (TPSA) is 252 Å². The van der Waals surface area contributed by atoms with E-state index in [4.69, 9.17) is 5.73 Å². The lowest BCUT2D eigenvalue weighted by Crippen LogP contribution is -2.70. The molecule has 17 nitrogen and oxygen atoms in total. The molecule has 1 unspecified atom stereocenters. The molecular formula is C36H63N11O6S. The van der Waals surface area contributed by atoms with Crippen LogP contribution in [0.15, 0.2) is 24.3 Å². The van der Waals surface area contributed by atoms with E-state index < -0.39 is 23.7 Å². The number of unbranched alkanes of at least 4 members (excludes halogenated alkanes) is 2. The van der Waals surface area contributed by atoms with E-state index in [1.807, 2.05) is 0 Å². The number of primary amides is 1. The van der Waals surface area contributed by atoms with Crippen LogP contribution in [0.5, 0.6) is 5.75 Å². The van der Waals surface area contributed by atoms with Crippen LogP contribution in [0.25, 0.3) is 0 Å². The number of aromatic hydroxyl groups is 1. The highest BCUT2D eigenvalue weighted by atomic mass is 32.1. The van der Waals surface area contributed by atoms with Crippen LogP contribution >= 0.6 is 12.6 Å². The van der Waals surface area contributed by atoms with E-state index in [1.165, 1.54) is 12.1 Å². The van der Waals surface area contributed by atoms with Gasteiger partial charge >= 0.3 is 0 Å². The van der Waals surface area contributed by atoms with Crippen molar-refractivity contribution in [3.63, 3.8) is 0 Å². The Balaban J connectivity index is 1.50. The van der Waals surface area contributed by atoms with Gasteiger partial charge in [0.15, 0.2) is 0 Å². The lowest BCUT2D eigenvalue weighted by Gasteiger charge is -2.39. The molecule has 0 radical (unpaired) electrons. The minimum absolute atomic E-state index is 0.0510. The van der Waals surface area contributed by atoms with E-state index in [2.05, 4.69) is 72.7 Å². The number of benzene rings is 1. The second kappa shape index (κ2) is 24.1. The van der Waals surface area contributed by atoms with Gasteiger partial charge in [-0.25, -0.2) is 0 Å².